The molecule has 5 aromatic rings. The number of benzene rings is 4. The maximum absolute atomic E-state index is 12.9. The maximum Gasteiger partial charge on any atom is 0.242 e. The SMILES string of the molecule is Cc1ccc2nc(-c3ccc(N(C)BBBBc4ccccc4CN(C(=O)CCl)c4ccc5c(c4)OCO5)cc3)sc2c1. The lowest BCUT2D eigenvalue weighted by molar-refractivity contribution is -0.116. The van der Waals surface area contributed by atoms with E-state index in [2.05, 4.69) is 79.4 Å². The summed E-state index contributed by atoms with van der Waals surface area (Å²) in [5, 5.41) is 1.05. The van der Waals surface area contributed by atoms with E-state index in [1.807, 2.05) is 24.3 Å². The molecule has 0 N–H and O–H groups in total. The van der Waals surface area contributed by atoms with Gasteiger partial charge in [0.2, 0.25) is 12.7 Å². The fraction of sp³-hybridized carbons (Fsp3) is 0.161. The number of aromatic nitrogens is 1. The van der Waals surface area contributed by atoms with Gasteiger partial charge in [-0.3, -0.25) is 4.79 Å². The Morgan fingerprint density at radius 3 is 2.58 bits per heavy atom. The van der Waals surface area contributed by atoms with E-state index in [1.165, 1.54) is 21.4 Å². The van der Waals surface area contributed by atoms with Gasteiger partial charge in [-0.15, -0.1) is 22.9 Å². The molecule has 1 aromatic heterocycles. The molecule has 0 saturated heterocycles. The summed E-state index contributed by atoms with van der Waals surface area (Å²) >= 11 is 7.75. The molecule has 1 amide bonds. The average Bonchev–Trinajstić information content (AvgIpc) is 3.68. The number of hydrogen-bond donors (Lipinski definition) is 0. The first-order valence-electron chi connectivity index (χ1n) is 14.5. The third-order valence-electron chi connectivity index (χ3n) is 7.82. The van der Waals surface area contributed by atoms with Gasteiger partial charge in [-0.05, 0) is 73.6 Å². The minimum atomic E-state index is -0.152. The molecule has 0 aliphatic carbocycles. The lowest BCUT2D eigenvalue weighted by atomic mass is 9.09. The molecule has 0 atom stereocenters. The molecule has 0 fully saturated rings. The van der Waals surface area contributed by atoms with Gasteiger partial charge in [-0.2, -0.15) is 0 Å². The van der Waals surface area contributed by atoms with Crippen molar-refractivity contribution in [1.82, 2.24) is 4.98 Å². The standard InChI is InChI=1S/C31H30B4ClN3O3S/c1-20-7-13-26-29(15-20)43-31(37-26)21-8-10-23(11-9-21)38(2)35-34-33-32-25-6-4-3-5-22(25)18-39(30(40)17-36)24-12-14-27-28(16-24)42-19-41-27/h3-16,32-35H,17-19H2,1-2H3. The van der Waals surface area contributed by atoms with Crippen LogP contribution in [0.15, 0.2) is 84.9 Å². The van der Waals surface area contributed by atoms with Gasteiger partial charge in [0, 0.05) is 23.0 Å². The summed E-state index contributed by atoms with van der Waals surface area (Å²) < 4.78 is 12.2. The first-order chi connectivity index (χ1) is 21.0. The highest BCUT2D eigenvalue weighted by atomic mass is 35.5. The monoisotopic (exact) mass is 603 g/mol. The van der Waals surface area contributed by atoms with Crippen LogP contribution >= 0.6 is 22.9 Å². The molecule has 0 spiro atoms. The molecular weight excluding hydrogens is 573 g/mol. The predicted molar refractivity (Wildman–Crippen MR) is 187 cm³/mol. The second-order valence-corrected chi connectivity index (χ2v) is 12.1. The van der Waals surface area contributed by atoms with Gasteiger partial charge in [0.05, 0.1) is 30.9 Å². The van der Waals surface area contributed by atoms with Crippen LogP contribution in [0, 0.1) is 6.92 Å². The Morgan fingerprint density at radius 2 is 1.74 bits per heavy atom. The fourth-order valence-corrected chi connectivity index (χ4v) is 6.60. The van der Waals surface area contributed by atoms with Crippen molar-refractivity contribution in [3.63, 3.8) is 0 Å². The summed E-state index contributed by atoms with van der Waals surface area (Å²) in [6.45, 7) is 2.75. The summed E-state index contributed by atoms with van der Waals surface area (Å²) in [5.74, 6) is 1.08. The summed E-state index contributed by atoms with van der Waals surface area (Å²) in [6.07, 6.45) is 0. The number of hydrogen-bond acceptors (Lipinski definition) is 6. The number of rotatable bonds is 11. The van der Waals surface area contributed by atoms with Crippen molar-refractivity contribution < 1.29 is 14.3 Å². The van der Waals surface area contributed by atoms with Crippen molar-refractivity contribution in [1.29, 1.82) is 0 Å². The second-order valence-electron chi connectivity index (χ2n) is 10.8. The number of nitrogens with zero attached hydrogens (tertiary/aromatic N) is 3. The summed E-state index contributed by atoms with van der Waals surface area (Å²) in [7, 11) is 6.12. The molecule has 0 unspecified atom stereocenters. The third kappa shape index (κ3) is 6.73. The molecule has 0 saturated carbocycles. The first-order valence-corrected chi connectivity index (χ1v) is 15.8. The molecule has 6 rings (SSSR count). The van der Waals surface area contributed by atoms with Crippen molar-refractivity contribution in [3.8, 4) is 22.1 Å². The van der Waals surface area contributed by atoms with E-state index in [0.29, 0.717) is 18.0 Å². The molecular formula is C31H30B4ClN3O3S. The quantitative estimate of drug-likeness (QED) is 0.130. The van der Waals surface area contributed by atoms with Crippen LogP contribution in [0.25, 0.3) is 20.8 Å². The number of carbonyl (C=O) groups is 1. The smallest absolute Gasteiger partial charge is 0.242 e. The van der Waals surface area contributed by atoms with Crippen molar-refractivity contribution in [2.45, 2.75) is 13.5 Å². The van der Waals surface area contributed by atoms with Gasteiger partial charge in [0.1, 0.15) is 18.1 Å². The normalized spacial score (nSPS) is 11.7. The minimum absolute atomic E-state index is 0.0930. The topological polar surface area (TPSA) is 54.9 Å². The van der Waals surface area contributed by atoms with Gasteiger partial charge in [0.15, 0.2) is 18.8 Å². The molecule has 0 bridgehead atoms. The van der Waals surface area contributed by atoms with Crippen LogP contribution in [0.2, 0.25) is 0 Å². The molecule has 212 valence electrons. The van der Waals surface area contributed by atoms with Crippen LogP contribution in [0.3, 0.4) is 0 Å². The molecule has 1 aliphatic heterocycles. The van der Waals surface area contributed by atoms with Crippen molar-refractivity contribution in [2.24, 2.45) is 0 Å². The molecule has 43 heavy (non-hydrogen) atoms. The Kier molecular flexibility index (Phi) is 9.00. The molecule has 12 heteroatoms. The number of fused-ring (bicyclic) bond motifs is 2. The number of halogens is 1. The molecule has 2 heterocycles. The van der Waals surface area contributed by atoms with E-state index in [4.69, 9.17) is 26.1 Å². The van der Waals surface area contributed by atoms with Crippen LogP contribution in [-0.4, -0.2) is 59.2 Å². The zero-order valence-corrected chi connectivity index (χ0v) is 26.0. The van der Waals surface area contributed by atoms with Gasteiger partial charge in [-0.1, -0.05) is 35.8 Å². The number of amides is 1. The van der Waals surface area contributed by atoms with E-state index in [-0.39, 0.29) is 18.6 Å². The van der Waals surface area contributed by atoms with E-state index in [1.54, 1.807) is 16.2 Å². The molecule has 0 radical (unpaired) electrons. The highest BCUT2D eigenvalue weighted by Gasteiger charge is 2.21. The fourth-order valence-electron chi connectivity index (χ4n) is 5.38. The number of anilines is 2. The van der Waals surface area contributed by atoms with Gasteiger partial charge in [0.25, 0.3) is 0 Å². The van der Waals surface area contributed by atoms with Crippen molar-refractivity contribution in [2.75, 3.05) is 29.4 Å². The van der Waals surface area contributed by atoms with Crippen molar-refractivity contribution in [3.05, 3.63) is 96.1 Å². The van der Waals surface area contributed by atoms with E-state index in [9.17, 15) is 4.79 Å². The highest BCUT2D eigenvalue weighted by molar-refractivity contribution is 7.46. The summed E-state index contributed by atoms with van der Waals surface area (Å²) in [4.78, 5) is 21.7. The molecule has 1 aliphatic rings. The Bertz CT molecular complexity index is 1750. The number of carbonyl (C=O) groups excluding carboxylic acids is 1. The zero-order chi connectivity index (χ0) is 29.8. The van der Waals surface area contributed by atoms with Crippen LogP contribution in [0.5, 0.6) is 11.5 Å². The summed E-state index contributed by atoms with van der Waals surface area (Å²) in [5.41, 5.74) is 7.76. The Balaban J connectivity index is 1.05. The minimum Gasteiger partial charge on any atom is -0.454 e. The zero-order valence-electron chi connectivity index (χ0n) is 24.4. The highest BCUT2D eigenvalue weighted by Crippen LogP contribution is 2.36. The number of thiazole rings is 1. The number of aryl methyl sites for hydroxylation is 1. The Hall–Kier alpha value is -3.81. The van der Waals surface area contributed by atoms with E-state index in [0.717, 1.165) is 55.9 Å². The molecule has 4 aromatic carbocycles. The van der Waals surface area contributed by atoms with E-state index < -0.39 is 0 Å². The summed E-state index contributed by atoms with van der Waals surface area (Å²) in [6, 6.07) is 29.0. The van der Waals surface area contributed by atoms with Crippen LogP contribution < -0.4 is 24.6 Å². The Labute approximate surface area is 263 Å². The van der Waals surface area contributed by atoms with Gasteiger partial charge in [-0.25, -0.2) is 4.98 Å². The predicted octanol–water partition coefficient (Wildman–Crippen LogP) is 3.94. The van der Waals surface area contributed by atoms with Crippen LogP contribution in [0.4, 0.5) is 11.4 Å². The van der Waals surface area contributed by atoms with Crippen LogP contribution in [-0.2, 0) is 11.3 Å². The lowest BCUT2D eigenvalue weighted by Crippen LogP contribution is -2.38. The van der Waals surface area contributed by atoms with Gasteiger partial charge >= 0.3 is 0 Å². The number of ether oxygens (including phenoxy) is 2. The van der Waals surface area contributed by atoms with Crippen LogP contribution in [0.1, 0.15) is 11.1 Å². The number of alkyl halides is 1. The average molecular weight is 603 g/mol. The Morgan fingerprint density at radius 1 is 0.953 bits per heavy atom. The third-order valence-corrected chi connectivity index (χ3v) is 9.11. The molecule has 6 nitrogen and oxygen atoms in total. The maximum atomic E-state index is 12.9. The van der Waals surface area contributed by atoms with E-state index >= 15 is 0 Å². The van der Waals surface area contributed by atoms with Gasteiger partial charge < -0.3 is 19.2 Å². The second kappa shape index (κ2) is 13.2. The lowest BCUT2D eigenvalue weighted by Gasteiger charge is -2.24. The first kappa shape index (κ1) is 29.3. The van der Waals surface area contributed by atoms with Crippen molar-refractivity contribution >= 4 is 84.5 Å². The largest absolute Gasteiger partial charge is 0.454 e.